The van der Waals surface area contributed by atoms with Gasteiger partial charge < -0.3 is 4.52 Å². The highest BCUT2D eigenvalue weighted by molar-refractivity contribution is 8.01. The molecule has 3 atom stereocenters. The minimum Gasteiger partial charge on any atom is -0.327 e. The lowest BCUT2D eigenvalue weighted by Gasteiger charge is -2.32. The van der Waals surface area contributed by atoms with Gasteiger partial charge in [0.15, 0.2) is 0 Å². The van der Waals surface area contributed by atoms with E-state index >= 15 is 0 Å². The number of rotatable bonds is 6. The molecule has 1 N–H and O–H groups in total. The predicted octanol–water partition coefficient (Wildman–Crippen LogP) is 4.13. The molecular formula is C13H28NO2PS. The van der Waals surface area contributed by atoms with Crippen molar-refractivity contribution >= 4 is 19.1 Å². The third-order valence-corrected chi connectivity index (χ3v) is 8.10. The van der Waals surface area contributed by atoms with Crippen LogP contribution in [-0.4, -0.2) is 28.7 Å². The fourth-order valence-corrected chi connectivity index (χ4v) is 6.92. The first kappa shape index (κ1) is 16.6. The second-order valence-electron chi connectivity index (χ2n) is 5.92. The SMILES string of the molecule is CCC1NC(P(=O)(CC)OCC(C)C)C(C)(C)S1. The van der Waals surface area contributed by atoms with Gasteiger partial charge in [-0.25, -0.2) is 0 Å². The Morgan fingerprint density at radius 1 is 1.39 bits per heavy atom. The van der Waals surface area contributed by atoms with Gasteiger partial charge >= 0.3 is 0 Å². The van der Waals surface area contributed by atoms with Crippen LogP contribution in [-0.2, 0) is 9.09 Å². The first-order valence-electron chi connectivity index (χ1n) is 6.92. The standard InChI is InChI=1S/C13H28NO2PS/c1-7-11-14-12(13(5,6)18-11)17(15,8-2)16-9-10(3)4/h10-12,14H,7-9H2,1-6H3. The van der Waals surface area contributed by atoms with E-state index in [-0.39, 0.29) is 10.5 Å². The van der Waals surface area contributed by atoms with Crippen molar-refractivity contribution in [2.24, 2.45) is 5.92 Å². The number of hydrogen-bond donors (Lipinski definition) is 1. The third kappa shape index (κ3) is 3.75. The number of hydrogen-bond acceptors (Lipinski definition) is 4. The van der Waals surface area contributed by atoms with Gasteiger partial charge in [0, 0.05) is 10.9 Å². The molecule has 0 saturated carbocycles. The summed E-state index contributed by atoms with van der Waals surface area (Å²) in [6.07, 6.45) is 1.66. The van der Waals surface area contributed by atoms with Gasteiger partial charge in [0.05, 0.1) is 17.8 Å². The Kier molecular flexibility index (Phi) is 5.79. The molecule has 0 aliphatic carbocycles. The van der Waals surface area contributed by atoms with Crippen molar-refractivity contribution in [3.63, 3.8) is 0 Å². The summed E-state index contributed by atoms with van der Waals surface area (Å²) in [5.74, 6) is 0.396. The van der Waals surface area contributed by atoms with Gasteiger partial charge in [0.2, 0.25) is 7.37 Å². The first-order chi connectivity index (χ1) is 8.25. The zero-order chi connectivity index (χ0) is 14.0. The summed E-state index contributed by atoms with van der Waals surface area (Å²) >= 11 is 1.89. The molecule has 108 valence electrons. The maximum absolute atomic E-state index is 13.1. The molecule has 3 unspecified atom stereocenters. The van der Waals surface area contributed by atoms with Gasteiger partial charge in [-0.15, -0.1) is 11.8 Å². The monoisotopic (exact) mass is 293 g/mol. The summed E-state index contributed by atoms with van der Waals surface area (Å²) in [7, 11) is -2.61. The van der Waals surface area contributed by atoms with Crippen LogP contribution in [0.5, 0.6) is 0 Å². The van der Waals surface area contributed by atoms with Crippen LogP contribution in [0.3, 0.4) is 0 Å². The predicted molar refractivity (Wildman–Crippen MR) is 81.6 cm³/mol. The number of nitrogens with one attached hydrogen (secondary N) is 1. The van der Waals surface area contributed by atoms with Crippen LogP contribution in [0, 0.1) is 5.92 Å². The van der Waals surface area contributed by atoms with E-state index in [4.69, 9.17) is 4.52 Å². The Morgan fingerprint density at radius 3 is 2.39 bits per heavy atom. The van der Waals surface area contributed by atoms with E-state index in [0.29, 0.717) is 24.1 Å². The second kappa shape index (κ2) is 6.30. The summed E-state index contributed by atoms with van der Waals surface area (Å²) < 4.78 is 18.9. The molecule has 1 aliphatic rings. The van der Waals surface area contributed by atoms with Crippen LogP contribution in [0.1, 0.15) is 48.0 Å². The number of thioether (sulfide) groups is 1. The van der Waals surface area contributed by atoms with E-state index in [0.717, 1.165) is 6.42 Å². The van der Waals surface area contributed by atoms with Gasteiger partial charge in [-0.05, 0) is 26.2 Å². The zero-order valence-electron chi connectivity index (χ0n) is 12.5. The molecule has 5 heteroatoms. The Labute approximate surface area is 116 Å². The van der Waals surface area contributed by atoms with Crippen LogP contribution >= 0.6 is 19.1 Å². The van der Waals surface area contributed by atoms with Crippen LogP contribution in [0.15, 0.2) is 0 Å². The smallest absolute Gasteiger partial charge is 0.220 e. The van der Waals surface area contributed by atoms with Crippen molar-refractivity contribution in [2.45, 2.75) is 63.9 Å². The Bertz CT molecular complexity index is 320. The largest absolute Gasteiger partial charge is 0.327 e. The minimum absolute atomic E-state index is 0.0244. The average Bonchev–Trinajstić information content (AvgIpc) is 2.62. The normalized spacial score (nSPS) is 30.6. The van der Waals surface area contributed by atoms with Crippen molar-refractivity contribution in [3.8, 4) is 0 Å². The van der Waals surface area contributed by atoms with Gasteiger partial charge in [-0.1, -0.05) is 27.7 Å². The van der Waals surface area contributed by atoms with Gasteiger partial charge in [-0.3, -0.25) is 9.88 Å². The molecule has 1 fully saturated rings. The van der Waals surface area contributed by atoms with E-state index < -0.39 is 7.37 Å². The van der Waals surface area contributed by atoms with Crippen molar-refractivity contribution in [3.05, 3.63) is 0 Å². The molecule has 0 spiro atoms. The Hall–Kier alpha value is 0.500. The molecular weight excluding hydrogens is 265 g/mol. The molecule has 0 radical (unpaired) electrons. The molecule has 1 rings (SSSR count). The molecule has 0 aromatic carbocycles. The molecule has 1 aliphatic heterocycles. The van der Waals surface area contributed by atoms with E-state index in [1.165, 1.54) is 0 Å². The molecule has 0 aromatic rings. The molecule has 1 saturated heterocycles. The van der Waals surface area contributed by atoms with E-state index in [2.05, 4.69) is 39.9 Å². The van der Waals surface area contributed by atoms with Crippen LogP contribution in [0.25, 0.3) is 0 Å². The van der Waals surface area contributed by atoms with Crippen LogP contribution in [0.2, 0.25) is 0 Å². The fourth-order valence-electron chi connectivity index (χ4n) is 2.25. The zero-order valence-corrected chi connectivity index (χ0v) is 14.2. The van der Waals surface area contributed by atoms with Crippen molar-refractivity contribution < 1.29 is 9.09 Å². The highest BCUT2D eigenvalue weighted by Gasteiger charge is 2.50. The molecule has 1 heterocycles. The molecule has 3 nitrogen and oxygen atoms in total. The molecule has 0 amide bonds. The third-order valence-electron chi connectivity index (χ3n) is 3.28. The second-order valence-corrected chi connectivity index (χ2v) is 10.6. The first-order valence-corrected chi connectivity index (χ1v) is 9.68. The molecule has 0 bridgehead atoms. The van der Waals surface area contributed by atoms with Gasteiger partial charge in [-0.2, -0.15) is 0 Å². The summed E-state index contributed by atoms with van der Waals surface area (Å²) in [5.41, 5.74) is 0. The van der Waals surface area contributed by atoms with E-state index in [1.54, 1.807) is 0 Å². The lowest BCUT2D eigenvalue weighted by atomic mass is 10.2. The minimum atomic E-state index is -2.61. The van der Waals surface area contributed by atoms with Crippen molar-refractivity contribution in [1.29, 1.82) is 0 Å². The molecule has 0 aromatic heterocycles. The van der Waals surface area contributed by atoms with E-state index in [1.807, 2.05) is 18.7 Å². The van der Waals surface area contributed by atoms with Crippen molar-refractivity contribution in [1.82, 2.24) is 5.32 Å². The maximum atomic E-state index is 13.1. The summed E-state index contributed by atoms with van der Waals surface area (Å²) in [4.78, 5) is 0. The lowest BCUT2D eigenvalue weighted by molar-refractivity contribution is 0.259. The quantitative estimate of drug-likeness (QED) is 0.747. The summed E-state index contributed by atoms with van der Waals surface area (Å²) in [5, 5.41) is 3.92. The van der Waals surface area contributed by atoms with Crippen LogP contribution < -0.4 is 5.32 Å². The highest BCUT2D eigenvalue weighted by Crippen LogP contribution is 2.60. The average molecular weight is 293 g/mol. The van der Waals surface area contributed by atoms with E-state index in [9.17, 15) is 4.57 Å². The molecule has 18 heavy (non-hydrogen) atoms. The Morgan fingerprint density at radius 2 is 2.00 bits per heavy atom. The topological polar surface area (TPSA) is 38.3 Å². The van der Waals surface area contributed by atoms with Gasteiger partial charge in [0.25, 0.3) is 0 Å². The lowest BCUT2D eigenvalue weighted by Crippen LogP contribution is -2.39. The summed E-state index contributed by atoms with van der Waals surface area (Å²) in [6.45, 7) is 13.3. The summed E-state index contributed by atoms with van der Waals surface area (Å²) in [6, 6.07) is 0. The fraction of sp³-hybridized carbons (Fsp3) is 1.00. The van der Waals surface area contributed by atoms with Gasteiger partial charge in [0.1, 0.15) is 0 Å². The Balaban J connectivity index is 2.84. The highest BCUT2D eigenvalue weighted by atomic mass is 32.2. The maximum Gasteiger partial charge on any atom is 0.220 e. The van der Waals surface area contributed by atoms with Crippen LogP contribution in [0.4, 0.5) is 0 Å². The van der Waals surface area contributed by atoms with Crippen molar-refractivity contribution in [2.75, 3.05) is 12.8 Å².